The van der Waals surface area contributed by atoms with Gasteiger partial charge in [0.2, 0.25) is 0 Å². The fraction of sp³-hybridized carbons (Fsp3) is 0.176. The minimum Gasteiger partial charge on any atom is -0.514 e. The van der Waals surface area contributed by atoms with Gasteiger partial charge in [-0.25, -0.2) is 13.5 Å². The van der Waals surface area contributed by atoms with E-state index in [4.69, 9.17) is 4.65 Å². The summed E-state index contributed by atoms with van der Waals surface area (Å²) in [6.45, 7) is 0. The summed E-state index contributed by atoms with van der Waals surface area (Å²) < 4.78 is 37.0. The quantitative estimate of drug-likeness (QED) is 0.412. The summed E-state index contributed by atoms with van der Waals surface area (Å²) in [5, 5.41) is 9.63. The van der Waals surface area contributed by atoms with Gasteiger partial charge in [-0.15, -0.1) is 23.8 Å². The number of nitrogens with zero attached hydrogens (tertiary/aromatic N) is 1. The number of carbonyl (C=O) groups excluding carboxylic acids is 1. The Morgan fingerprint density at radius 2 is 1.96 bits per heavy atom. The molecule has 0 saturated carbocycles. The number of alkyl halides is 1. The monoisotopic (exact) mass is 539 g/mol. The maximum Gasteiger partial charge on any atom is 0.831 e. The molecule has 1 aliphatic rings. The molecule has 1 aliphatic heterocycles. The summed E-state index contributed by atoms with van der Waals surface area (Å²) in [6, 6.07) is 12.6. The number of allylic oxidation sites excluding steroid dienone is 1. The van der Waals surface area contributed by atoms with Crippen LogP contribution < -0.4 is 4.65 Å². The molecule has 0 amide bonds. The summed E-state index contributed by atoms with van der Waals surface area (Å²) >= 11 is 0. The second-order valence-corrected chi connectivity index (χ2v) is 5.41. The number of pyridine rings is 1. The molecule has 0 fully saturated rings. The predicted molar refractivity (Wildman–Crippen MR) is 86.0 cm³/mol. The summed E-state index contributed by atoms with van der Waals surface area (Å²) in [4.78, 5) is 15.8. The van der Waals surface area contributed by atoms with Crippen LogP contribution in [0.2, 0.25) is 0 Å². The number of halogens is 2. The van der Waals surface area contributed by atoms with Crippen LogP contribution in [0.25, 0.3) is 11.3 Å². The number of aliphatic hydroxyl groups is 1. The van der Waals surface area contributed by atoms with Gasteiger partial charge in [0, 0.05) is 45.4 Å². The van der Waals surface area contributed by atoms with Crippen LogP contribution in [-0.4, -0.2) is 29.6 Å². The molecule has 1 aromatic heterocycles. The van der Waals surface area contributed by atoms with E-state index in [2.05, 4.69) is 15.7 Å². The molecule has 1 unspecified atom stereocenters. The summed E-state index contributed by atoms with van der Waals surface area (Å²) in [7, 11) is -2.39. The maximum atomic E-state index is 14.1. The molecule has 5 nitrogen and oxygen atoms in total. The zero-order valence-electron chi connectivity index (χ0n) is 13.3. The van der Waals surface area contributed by atoms with Crippen molar-refractivity contribution in [1.29, 1.82) is 0 Å². The third-order valence-electron chi connectivity index (χ3n) is 3.43. The second kappa shape index (κ2) is 8.94. The first-order valence-corrected chi connectivity index (χ1v) is 7.53. The van der Waals surface area contributed by atoms with Crippen LogP contribution in [0.1, 0.15) is 12.1 Å². The number of hydrogen-bond donors (Lipinski definition) is 1. The van der Waals surface area contributed by atoms with E-state index in [9.17, 15) is 18.6 Å². The van der Waals surface area contributed by atoms with Gasteiger partial charge >= 0.3 is 13.4 Å². The van der Waals surface area contributed by atoms with Crippen LogP contribution in [-0.2, 0) is 36.9 Å². The van der Waals surface area contributed by atoms with Gasteiger partial charge in [-0.05, 0) is 11.8 Å². The SMILES string of the molecule is O=C1/C=C(\O)CC(F)Cc2cccc(n2)-c2[c-]c(ccc2)OB(F)O1.[Pt]. The zero-order valence-corrected chi connectivity index (χ0v) is 15.6. The Bertz CT molecular complexity index is 821. The summed E-state index contributed by atoms with van der Waals surface area (Å²) in [5.41, 5.74) is 1.50. The second-order valence-electron chi connectivity index (χ2n) is 5.41. The van der Waals surface area contributed by atoms with E-state index in [1.165, 1.54) is 6.07 Å². The predicted octanol–water partition coefficient (Wildman–Crippen LogP) is 3.15. The van der Waals surface area contributed by atoms with Crippen LogP contribution in [0.4, 0.5) is 8.71 Å². The van der Waals surface area contributed by atoms with Gasteiger partial charge in [-0.1, -0.05) is 18.2 Å². The molecule has 4 bridgehead atoms. The Hall–Kier alpha value is -2.21. The van der Waals surface area contributed by atoms with E-state index in [0.29, 0.717) is 23.0 Å². The first-order valence-electron chi connectivity index (χ1n) is 7.53. The molecule has 2 aromatic rings. The smallest absolute Gasteiger partial charge is 0.514 e. The van der Waals surface area contributed by atoms with Gasteiger partial charge in [-0.3, -0.25) is 0 Å². The molecule has 1 atom stereocenters. The van der Waals surface area contributed by atoms with Crippen LogP contribution in [0.15, 0.2) is 48.2 Å². The van der Waals surface area contributed by atoms with E-state index in [-0.39, 0.29) is 33.2 Å². The fourth-order valence-corrected chi connectivity index (χ4v) is 2.38. The summed E-state index contributed by atoms with van der Waals surface area (Å²) in [5.74, 6) is -1.72. The molecule has 0 saturated heterocycles. The molecule has 9 heteroatoms. The Morgan fingerprint density at radius 1 is 1.19 bits per heavy atom. The van der Waals surface area contributed by atoms with Gasteiger partial charge < -0.3 is 19.4 Å². The first kappa shape index (κ1) is 20.1. The van der Waals surface area contributed by atoms with Crippen molar-refractivity contribution in [2.75, 3.05) is 0 Å². The number of fused-ring (bicyclic) bond motifs is 5. The normalized spacial score (nSPS) is 19.6. The number of hydrogen-bond acceptors (Lipinski definition) is 5. The minimum absolute atomic E-state index is 0. The third-order valence-corrected chi connectivity index (χ3v) is 3.43. The van der Waals surface area contributed by atoms with Gasteiger partial charge in [0.25, 0.3) is 0 Å². The van der Waals surface area contributed by atoms with Crippen molar-refractivity contribution in [3.8, 4) is 17.0 Å². The molecule has 0 spiro atoms. The third kappa shape index (κ3) is 5.39. The Morgan fingerprint density at radius 3 is 2.77 bits per heavy atom. The van der Waals surface area contributed by atoms with Crippen molar-refractivity contribution in [1.82, 2.24) is 4.98 Å². The van der Waals surface area contributed by atoms with Crippen LogP contribution >= 0.6 is 0 Å². The Labute approximate surface area is 163 Å². The minimum atomic E-state index is -2.39. The average molecular weight is 539 g/mol. The van der Waals surface area contributed by atoms with Crippen LogP contribution in [0.3, 0.4) is 0 Å². The standard InChI is InChI=1S/C17H13BF2NO4.Pt/c19-12-8-13-4-2-6-16(21-13)11-3-1-5-15(7-11)24-18(20)25-17(23)10-14(22)9-12;/h1-6,10,12,22H,8-9H2;/q-1;/b14-10-;. The Kier molecular flexibility index (Phi) is 6.92. The number of benzene rings is 1. The van der Waals surface area contributed by atoms with E-state index >= 15 is 0 Å². The molecule has 3 rings (SSSR count). The van der Waals surface area contributed by atoms with Crippen molar-refractivity contribution in [2.24, 2.45) is 0 Å². The molecule has 0 aliphatic carbocycles. The number of aliphatic hydroxyl groups excluding tert-OH is 1. The van der Waals surface area contributed by atoms with E-state index in [1.807, 2.05) is 0 Å². The number of rotatable bonds is 0. The zero-order chi connectivity index (χ0) is 17.8. The molecule has 1 N–H and O–H groups in total. The molecular formula is C17H13BF2NO4Pt-. The van der Waals surface area contributed by atoms with Crippen LogP contribution in [0, 0.1) is 6.07 Å². The van der Waals surface area contributed by atoms with Crippen molar-refractivity contribution < 1.29 is 49.0 Å². The molecule has 2 heterocycles. The maximum absolute atomic E-state index is 14.1. The molecular weight excluding hydrogens is 526 g/mol. The van der Waals surface area contributed by atoms with Crippen molar-refractivity contribution >= 4 is 13.4 Å². The van der Waals surface area contributed by atoms with Gasteiger partial charge in [-0.2, -0.15) is 0 Å². The van der Waals surface area contributed by atoms with E-state index in [1.54, 1.807) is 30.3 Å². The molecule has 1 aromatic carbocycles. The van der Waals surface area contributed by atoms with Crippen molar-refractivity contribution in [3.05, 3.63) is 60.0 Å². The van der Waals surface area contributed by atoms with Gasteiger partial charge in [0.05, 0.1) is 6.08 Å². The topological polar surface area (TPSA) is 68.7 Å². The average Bonchev–Trinajstić information content (AvgIpc) is 2.53. The van der Waals surface area contributed by atoms with E-state index < -0.39 is 31.7 Å². The molecule has 138 valence electrons. The van der Waals surface area contributed by atoms with Crippen molar-refractivity contribution in [3.63, 3.8) is 0 Å². The van der Waals surface area contributed by atoms with Gasteiger partial charge in [0.15, 0.2) is 0 Å². The molecule has 26 heavy (non-hydrogen) atoms. The number of carbonyl (C=O) groups is 1. The molecule has 0 radical (unpaired) electrons. The fourth-order valence-electron chi connectivity index (χ4n) is 2.38. The largest absolute Gasteiger partial charge is 0.831 e. The first-order chi connectivity index (χ1) is 12.0. The Balaban J connectivity index is 0.00000243. The van der Waals surface area contributed by atoms with Gasteiger partial charge in [0.1, 0.15) is 11.9 Å². The number of aromatic nitrogens is 1. The van der Waals surface area contributed by atoms with Crippen molar-refractivity contribution in [2.45, 2.75) is 19.0 Å². The summed E-state index contributed by atoms with van der Waals surface area (Å²) in [6.07, 6.45) is -1.32. The van der Waals surface area contributed by atoms with Crippen LogP contribution in [0.5, 0.6) is 5.75 Å². The van der Waals surface area contributed by atoms with E-state index in [0.717, 1.165) is 0 Å².